The minimum Gasteiger partial charge on any atom is -0.494 e. The van der Waals surface area contributed by atoms with Crippen LogP contribution in [0.5, 0.6) is 11.6 Å². The molecule has 0 saturated carbocycles. The first-order valence-electron chi connectivity index (χ1n) is 19.3. The highest BCUT2D eigenvalue weighted by molar-refractivity contribution is 7.17. The lowest BCUT2D eigenvalue weighted by Gasteiger charge is -2.32. The molecule has 0 spiro atoms. The molecular formula is C45H56N2O4S. The molecule has 1 fully saturated rings. The standard InChI is InChI=1S/C45H56N2O4S/c1-2-3-4-5-6-7-8-9-10-11-12-13-14-15-16-22-45(48)51-36-50-44-26-24-38-23-25-39(35-42(38)46-44)49-33-18-17-30-47-31-27-37(28-32-47)40-20-19-21-43-41(40)29-34-52-43/h3-4,6-7,9-10,12-13,19-21,23-26,29,34-35,37H,2,5,8,11,14-18,22,27-28,30-33,36H2,1H3. The molecule has 0 aliphatic carbocycles. The van der Waals surface area contributed by atoms with Crippen LogP contribution in [-0.4, -0.2) is 48.9 Å². The van der Waals surface area contributed by atoms with Crippen LogP contribution < -0.4 is 9.47 Å². The third kappa shape index (κ3) is 13.4. The number of ether oxygens (including phenoxy) is 3. The molecule has 2 aromatic heterocycles. The quantitative estimate of drug-likeness (QED) is 0.0349. The van der Waals surface area contributed by atoms with Gasteiger partial charge in [-0.05, 0) is 143 Å². The van der Waals surface area contributed by atoms with Gasteiger partial charge >= 0.3 is 5.97 Å². The molecule has 0 amide bonds. The van der Waals surface area contributed by atoms with E-state index in [0.29, 0.717) is 24.8 Å². The largest absolute Gasteiger partial charge is 0.494 e. The van der Waals surface area contributed by atoms with Gasteiger partial charge in [0, 0.05) is 28.6 Å². The summed E-state index contributed by atoms with van der Waals surface area (Å²) in [5.41, 5.74) is 2.33. The van der Waals surface area contributed by atoms with Gasteiger partial charge in [-0.1, -0.05) is 67.7 Å². The molecule has 276 valence electrons. The number of benzene rings is 2. The van der Waals surface area contributed by atoms with Gasteiger partial charge in [-0.15, -0.1) is 11.3 Å². The van der Waals surface area contributed by atoms with E-state index in [1.54, 1.807) is 6.07 Å². The molecule has 52 heavy (non-hydrogen) atoms. The summed E-state index contributed by atoms with van der Waals surface area (Å²) in [5.74, 6) is 1.64. The fourth-order valence-corrected chi connectivity index (χ4v) is 7.39. The average Bonchev–Trinajstić information content (AvgIpc) is 3.66. The first kappa shape index (κ1) is 39.0. The number of carbonyl (C=O) groups excluding carboxylic acids is 1. The molecule has 4 aromatic rings. The minimum absolute atomic E-state index is 0.146. The van der Waals surface area contributed by atoms with Gasteiger partial charge in [0.25, 0.3) is 0 Å². The Labute approximate surface area is 314 Å². The molecule has 0 N–H and O–H groups in total. The Morgan fingerprint density at radius 1 is 0.846 bits per heavy atom. The van der Waals surface area contributed by atoms with Crippen molar-refractivity contribution in [2.45, 2.75) is 89.9 Å². The molecule has 6 nitrogen and oxygen atoms in total. The van der Waals surface area contributed by atoms with E-state index in [9.17, 15) is 4.79 Å². The Hall–Kier alpha value is -4.20. The summed E-state index contributed by atoms with van der Waals surface area (Å²) in [6, 6.07) is 18.8. The summed E-state index contributed by atoms with van der Waals surface area (Å²) in [6.45, 7) is 6.13. The molecule has 0 unspecified atom stereocenters. The van der Waals surface area contributed by atoms with Crippen molar-refractivity contribution < 1.29 is 19.0 Å². The van der Waals surface area contributed by atoms with Crippen molar-refractivity contribution in [3.05, 3.63) is 114 Å². The predicted octanol–water partition coefficient (Wildman–Crippen LogP) is 11.7. The van der Waals surface area contributed by atoms with E-state index in [4.69, 9.17) is 14.2 Å². The fraction of sp³-hybridized carbons (Fsp3) is 0.422. The number of thiophene rings is 1. The van der Waals surface area contributed by atoms with Crippen LogP contribution in [0, 0.1) is 0 Å². The van der Waals surface area contributed by atoms with E-state index >= 15 is 0 Å². The van der Waals surface area contributed by atoms with Gasteiger partial charge in [0.1, 0.15) is 5.75 Å². The summed E-state index contributed by atoms with van der Waals surface area (Å²) in [4.78, 5) is 19.4. The second-order valence-corrected chi connectivity index (χ2v) is 14.3. The van der Waals surface area contributed by atoms with E-state index < -0.39 is 0 Å². The number of esters is 1. The van der Waals surface area contributed by atoms with Gasteiger partial charge in [-0.25, -0.2) is 4.98 Å². The second-order valence-electron chi connectivity index (χ2n) is 13.4. The number of aromatic nitrogens is 1. The zero-order valence-corrected chi connectivity index (χ0v) is 31.7. The number of hydrogen-bond acceptors (Lipinski definition) is 7. The highest BCUT2D eigenvalue weighted by Crippen LogP contribution is 2.35. The van der Waals surface area contributed by atoms with E-state index in [-0.39, 0.29) is 12.8 Å². The van der Waals surface area contributed by atoms with Gasteiger partial charge in [-0.3, -0.25) is 4.79 Å². The van der Waals surface area contributed by atoms with Crippen LogP contribution in [0.2, 0.25) is 0 Å². The number of fused-ring (bicyclic) bond motifs is 2. The summed E-state index contributed by atoms with van der Waals surface area (Å²) in [6.07, 6.45) is 29.3. The Kier molecular flexibility index (Phi) is 17.0. The number of rotatable bonds is 22. The minimum atomic E-state index is -0.252. The van der Waals surface area contributed by atoms with Crippen molar-refractivity contribution in [1.29, 1.82) is 0 Å². The summed E-state index contributed by atoms with van der Waals surface area (Å²) in [5, 5.41) is 4.67. The zero-order valence-electron chi connectivity index (χ0n) is 30.9. The van der Waals surface area contributed by atoms with Gasteiger partial charge in [0.2, 0.25) is 12.7 Å². The third-order valence-corrected chi connectivity index (χ3v) is 10.4. The van der Waals surface area contributed by atoms with Crippen LogP contribution in [0.4, 0.5) is 0 Å². The zero-order chi connectivity index (χ0) is 36.1. The van der Waals surface area contributed by atoms with Crippen LogP contribution >= 0.6 is 11.3 Å². The summed E-state index contributed by atoms with van der Waals surface area (Å²) >= 11 is 1.84. The molecule has 0 atom stereocenters. The molecule has 0 bridgehead atoms. The lowest BCUT2D eigenvalue weighted by molar-refractivity contribution is -0.150. The number of likely N-dealkylation sites (tertiary alicyclic amines) is 1. The number of hydrogen-bond donors (Lipinski definition) is 0. The van der Waals surface area contributed by atoms with Crippen LogP contribution in [-0.2, 0) is 9.53 Å². The molecule has 1 aliphatic heterocycles. The van der Waals surface area contributed by atoms with Gasteiger partial charge in [0.05, 0.1) is 12.1 Å². The van der Waals surface area contributed by atoms with Gasteiger partial charge in [-0.2, -0.15) is 0 Å². The van der Waals surface area contributed by atoms with Crippen LogP contribution in [0.25, 0.3) is 21.0 Å². The van der Waals surface area contributed by atoms with Crippen molar-refractivity contribution in [2.24, 2.45) is 0 Å². The van der Waals surface area contributed by atoms with Gasteiger partial charge in [0.15, 0.2) is 0 Å². The van der Waals surface area contributed by atoms with E-state index in [2.05, 4.69) is 95.1 Å². The number of pyridine rings is 1. The Bertz CT molecular complexity index is 1770. The predicted molar refractivity (Wildman–Crippen MR) is 217 cm³/mol. The number of unbranched alkanes of at least 4 members (excludes halogenated alkanes) is 3. The molecule has 1 aliphatic rings. The topological polar surface area (TPSA) is 60.9 Å². The Balaban J connectivity index is 0.898. The molecule has 3 heterocycles. The second kappa shape index (κ2) is 22.7. The first-order chi connectivity index (χ1) is 25.7. The Morgan fingerprint density at radius 2 is 1.62 bits per heavy atom. The lowest BCUT2D eigenvalue weighted by atomic mass is 9.87. The fourth-order valence-electron chi connectivity index (χ4n) is 6.57. The van der Waals surface area contributed by atoms with E-state index in [0.717, 1.165) is 81.0 Å². The van der Waals surface area contributed by atoms with Crippen molar-refractivity contribution in [3.63, 3.8) is 0 Å². The SMILES string of the molecule is CCC=CCC=CCC=CCC=CCCCCC(=O)OCOc1ccc2ccc(OCCCCN3CCC(c4cccc5sccc45)CC3)cc2n1. The van der Waals surface area contributed by atoms with Crippen molar-refractivity contribution in [3.8, 4) is 11.6 Å². The van der Waals surface area contributed by atoms with Crippen LogP contribution in [0.3, 0.4) is 0 Å². The normalized spacial score (nSPS) is 14.6. The molecule has 5 rings (SSSR count). The summed E-state index contributed by atoms with van der Waals surface area (Å²) < 4.78 is 18.4. The maximum atomic E-state index is 12.2. The smallest absolute Gasteiger partial charge is 0.308 e. The monoisotopic (exact) mass is 720 g/mol. The molecule has 0 radical (unpaired) electrons. The number of piperidine rings is 1. The number of allylic oxidation sites excluding steroid dienone is 8. The molecule has 1 saturated heterocycles. The van der Waals surface area contributed by atoms with Gasteiger partial charge < -0.3 is 19.1 Å². The third-order valence-electron chi connectivity index (χ3n) is 9.48. The van der Waals surface area contributed by atoms with E-state index in [1.807, 2.05) is 35.6 Å². The highest BCUT2D eigenvalue weighted by atomic mass is 32.1. The molecular weight excluding hydrogens is 665 g/mol. The highest BCUT2D eigenvalue weighted by Gasteiger charge is 2.22. The number of carbonyl (C=O) groups is 1. The molecule has 7 heteroatoms. The lowest BCUT2D eigenvalue weighted by Crippen LogP contribution is -2.33. The Morgan fingerprint density at radius 3 is 2.42 bits per heavy atom. The molecule has 2 aromatic carbocycles. The van der Waals surface area contributed by atoms with Crippen LogP contribution in [0.15, 0.2) is 109 Å². The summed E-state index contributed by atoms with van der Waals surface area (Å²) in [7, 11) is 0. The maximum Gasteiger partial charge on any atom is 0.308 e. The van der Waals surface area contributed by atoms with Crippen molar-refractivity contribution >= 4 is 38.3 Å². The van der Waals surface area contributed by atoms with Crippen molar-refractivity contribution in [1.82, 2.24) is 9.88 Å². The van der Waals surface area contributed by atoms with Crippen molar-refractivity contribution in [2.75, 3.05) is 33.0 Å². The number of nitrogens with zero attached hydrogens (tertiary/aromatic N) is 2. The maximum absolute atomic E-state index is 12.2. The average molecular weight is 721 g/mol. The van der Waals surface area contributed by atoms with Crippen LogP contribution in [0.1, 0.15) is 95.5 Å². The van der Waals surface area contributed by atoms with E-state index in [1.165, 1.54) is 41.6 Å². The first-order valence-corrected chi connectivity index (χ1v) is 20.2.